The highest BCUT2D eigenvalue weighted by atomic mass is 16.6. The third kappa shape index (κ3) is 2.50. The van der Waals surface area contributed by atoms with Crippen molar-refractivity contribution in [3.8, 4) is 0 Å². The second-order valence-electron chi connectivity index (χ2n) is 5.25. The normalized spacial score (nSPS) is 22.5. The number of pyridine rings is 1. The molecular formula is C13H16N2O3. The van der Waals surface area contributed by atoms with Crippen LogP contribution >= 0.6 is 0 Å². The lowest BCUT2D eigenvalue weighted by Gasteiger charge is -2.20. The van der Waals surface area contributed by atoms with E-state index in [0.29, 0.717) is 0 Å². The topological polar surface area (TPSA) is 59.3 Å². The van der Waals surface area contributed by atoms with Crippen LogP contribution in [0.15, 0.2) is 24.5 Å². The van der Waals surface area contributed by atoms with Crippen LogP contribution in [0, 0.1) is 0 Å². The minimum atomic E-state index is -0.563. The van der Waals surface area contributed by atoms with E-state index in [-0.39, 0.29) is 6.04 Å². The van der Waals surface area contributed by atoms with E-state index in [9.17, 15) is 9.59 Å². The summed E-state index contributed by atoms with van der Waals surface area (Å²) in [5, 5.41) is 0. The van der Waals surface area contributed by atoms with Gasteiger partial charge in [-0.25, -0.2) is 4.79 Å². The van der Waals surface area contributed by atoms with Crippen molar-refractivity contribution in [3.05, 3.63) is 30.1 Å². The fourth-order valence-electron chi connectivity index (χ4n) is 1.85. The van der Waals surface area contributed by atoms with Gasteiger partial charge in [-0.15, -0.1) is 0 Å². The zero-order chi connectivity index (χ0) is 13.3. The molecule has 1 aliphatic rings. The van der Waals surface area contributed by atoms with Crippen molar-refractivity contribution in [1.82, 2.24) is 9.88 Å². The molecule has 0 N–H and O–H groups in total. The smallest absolute Gasteiger partial charge is 0.411 e. The van der Waals surface area contributed by atoms with Crippen LogP contribution in [-0.4, -0.2) is 33.9 Å². The van der Waals surface area contributed by atoms with Crippen molar-refractivity contribution in [2.45, 2.75) is 38.5 Å². The van der Waals surface area contributed by atoms with Gasteiger partial charge in [0.25, 0.3) is 0 Å². The van der Waals surface area contributed by atoms with Gasteiger partial charge in [0.2, 0.25) is 0 Å². The van der Waals surface area contributed by atoms with Gasteiger partial charge in [-0.05, 0) is 32.4 Å². The molecule has 0 aliphatic carbocycles. The van der Waals surface area contributed by atoms with Crippen LogP contribution in [0.3, 0.4) is 0 Å². The van der Waals surface area contributed by atoms with E-state index in [4.69, 9.17) is 4.74 Å². The number of ether oxygens (including phenoxy) is 1. The zero-order valence-electron chi connectivity index (χ0n) is 10.7. The predicted molar refractivity (Wildman–Crippen MR) is 64.9 cm³/mol. The molecule has 2 rings (SSSR count). The molecule has 1 fully saturated rings. The number of amides is 1. The van der Waals surface area contributed by atoms with Gasteiger partial charge >= 0.3 is 6.09 Å². The summed E-state index contributed by atoms with van der Waals surface area (Å²) < 4.78 is 5.25. The quantitative estimate of drug-likeness (QED) is 0.593. The Labute approximate surface area is 106 Å². The number of carbonyl (C=O) groups is 2. The Hall–Kier alpha value is -1.91. The number of aldehydes is 1. The molecule has 0 saturated carbocycles. The number of aromatic nitrogens is 1. The van der Waals surface area contributed by atoms with Crippen LogP contribution in [0.4, 0.5) is 4.79 Å². The van der Waals surface area contributed by atoms with Crippen molar-refractivity contribution in [3.63, 3.8) is 0 Å². The van der Waals surface area contributed by atoms with Crippen LogP contribution in [0.5, 0.6) is 0 Å². The molecule has 0 bridgehead atoms. The van der Waals surface area contributed by atoms with E-state index in [1.165, 1.54) is 4.90 Å². The summed E-state index contributed by atoms with van der Waals surface area (Å²) in [6.07, 6.45) is 3.61. The summed E-state index contributed by atoms with van der Waals surface area (Å²) in [6, 6.07) is 2.94. The Morgan fingerprint density at radius 2 is 2.22 bits per heavy atom. The Kier molecular flexibility index (Phi) is 3.07. The van der Waals surface area contributed by atoms with Gasteiger partial charge in [0.05, 0.1) is 6.04 Å². The lowest BCUT2D eigenvalue weighted by Crippen LogP contribution is -2.28. The molecule has 0 aromatic carbocycles. The van der Waals surface area contributed by atoms with Crippen LogP contribution < -0.4 is 0 Å². The zero-order valence-corrected chi connectivity index (χ0v) is 10.7. The highest BCUT2D eigenvalue weighted by Crippen LogP contribution is 2.42. The highest BCUT2D eigenvalue weighted by Gasteiger charge is 2.53. The summed E-state index contributed by atoms with van der Waals surface area (Å²) in [5.41, 5.74) is 0.285. The summed E-state index contributed by atoms with van der Waals surface area (Å²) >= 11 is 0. The van der Waals surface area contributed by atoms with E-state index < -0.39 is 17.7 Å². The minimum Gasteiger partial charge on any atom is -0.444 e. The molecular weight excluding hydrogens is 232 g/mol. The summed E-state index contributed by atoms with van der Waals surface area (Å²) in [7, 11) is 0. The lowest BCUT2D eigenvalue weighted by molar-refractivity contribution is -0.108. The Bertz CT molecular complexity index is 453. The molecule has 1 aliphatic heterocycles. The first kappa shape index (κ1) is 12.5. The monoisotopic (exact) mass is 248 g/mol. The molecule has 5 heteroatoms. The van der Waals surface area contributed by atoms with Gasteiger partial charge in [-0.2, -0.15) is 0 Å². The Balaban J connectivity index is 2.11. The average Bonchev–Trinajstić information content (AvgIpc) is 3.02. The van der Waals surface area contributed by atoms with Gasteiger partial charge in [0, 0.05) is 12.4 Å². The van der Waals surface area contributed by atoms with Crippen LogP contribution in [-0.2, 0) is 9.53 Å². The third-order valence-corrected chi connectivity index (χ3v) is 2.62. The molecule has 2 atom stereocenters. The molecule has 0 radical (unpaired) electrons. The number of hydrogen-bond acceptors (Lipinski definition) is 4. The molecule has 96 valence electrons. The second-order valence-corrected chi connectivity index (χ2v) is 5.25. The largest absolute Gasteiger partial charge is 0.444 e. The van der Waals surface area contributed by atoms with Crippen molar-refractivity contribution < 1.29 is 14.3 Å². The molecule has 2 unspecified atom stereocenters. The number of rotatable bonds is 2. The molecule has 0 spiro atoms. The maximum Gasteiger partial charge on any atom is 0.411 e. The maximum atomic E-state index is 11.9. The van der Waals surface area contributed by atoms with E-state index in [1.54, 1.807) is 39.2 Å². The predicted octanol–water partition coefficient (Wildman–Crippen LogP) is 1.94. The van der Waals surface area contributed by atoms with Gasteiger partial charge < -0.3 is 9.53 Å². The molecule has 1 aromatic rings. The molecule has 18 heavy (non-hydrogen) atoms. The highest BCUT2D eigenvalue weighted by molar-refractivity contribution is 5.81. The first-order valence-corrected chi connectivity index (χ1v) is 5.80. The first-order valence-electron chi connectivity index (χ1n) is 5.80. The fourth-order valence-corrected chi connectivity index (χ4v) is 1.85. The van der Waals surface area contributed by atoms with E-state index in [0.717, 1.165) is 11.8 Å². The van der Waals surface area contributed by atoms with Crippen molar-refractivity contribution in [2.24, 2.45) is 0 Å². The van der Waals surface area contributed by atoms with Crippen molar-refractivity contribution in [2.75, 3.05) is 0 Å². The van der Waals surface area contributed by atoms with E-state index in [2.05, 4.69) is 4.98 Å². The molecule has 1 saturated heterocycles. The summed E-state index contributed by atoms with van der Waals surface area (Å²) in [6.45, 7) is 5.39. The van der Waals surface area contributed by atoms with E-state index >= 15 is 0 Å². The van der Waals surface area contributed by atoms with E-state index in [1.807, 2.05) is 6.07 Å². The number of hydrogen-bond donors (Lipinski definition) is 0. The third-order valence-electron chi connectivity index (χ3n) is 2.62. The number of nitrogens with zero attached hydrogens (tertiary/aromatic N) is 2. The van der Waals surface area contributed by atoms with Gasteiger partial charge in [0.1, 0.15) is 17.9 Å². The molecule has 5 nitrogen and oxygen atoms in total. The molecule has 1 amide bonds. The van der Waals surface area contributed by atoms with Crippen molar-refractivity contribution in [1.29, 1.82) is 0 Å². The van der Waals surface area contributed by atoms with Gasteiger partial charge in [0.15, 0.2) is 0 Å². The summed E-state index contributed by atoms with van der Waals surface area (Å²) in [4.78, 5) is 28.3. The second kappa shape index (κ2) is 4.40. The van der Waals surface area contributed by atoms with Gasteiger partial charge in [-0.1, -0.05) is 6.07 Å². The Morgan fingerprint density at radius 1 is 1.50 bits per heavy atom. The molecule has 2 heterocycles. The van der Waals surface area contributed by atoms with Crippen LogP contribution in [0.1, 0.15) is 32.4 Å². The summed E-state index contributed by atoms with van der Waals surface area (Å²) in [5.74, 6) is 0. The Morgan fingerprint density at radius 3 is 2.72 bits per heavy atom. The fraction of sp³-hybridized carbons (Fsp3) is 0.462. The van der Waals surface area contributed by atoms with Gasteiger partial charge in [-0.3, -0.25) is 9.88 Å². The minimum absolute atomic E-state index is 0.244. The average molecular weight is 248 g/mol. The van der Waals surface area contributed by atoms with Crippen LogP contribution in [0.2, 0.25) is 0 Å². The SMILES string of the molecule is CC(C)(C)OC(=O)N1C(C=O)C1c1cccnc1. The number of carbonyl (C=O) groups excluding carboxylic acids is 2. The molecule has 1 aromatic heterocycles. The first-order chi connectivity index (χ1) is 8.44. The standard InChI is InChI=1S/C13H16N2O3/c1-13(2,3)18-12(17)15-10(8-16)11(15)9-5-4-6-14-7-9/h4-8,10-11H,1-3H3. The maximum absolute atomic E-state index is 11.9. The van der Waals surface area contributed by atoms with Crippen molar-refractivity contribution >= 4 is 12.4 Å². The van der Waals surface area contributed by atoms with Crippen LogP contribution in [0.25, 0.3) is 0 Å². The lowest BCUT2D eigenvalue weighted by atomic mass is 10.2.